The summed E-state index contributed by atoms with van der Waals surface area (Å²) in [5.41, 5.74) is -0.0867. The monoisotopic (exact) mass is 271 g/mol. The van der Waals surface area contributed by atoms with Gasteiger partial charge >= 0.3 is 0 Å². The molecule has 1 aromatic heterocycles. The van der Waals surface area contributed by atoms with E-state index in [4.69, 9.17) is 5.26 Å². The van der Waals surface area contributed by atoms with Gasteiger partial charge in [-0.25, -0.2) is 18.1 Å². The summed E-state index contributed by atoms with van der Waals surface area (Å²) in [7, 11) is -3.67. The van der Waals surface area contributed by atoms with Gasteiger partial charge in [0.15, 0.2) is 5.69 Å². The topological polar surface area (TPSA) is 82.8 Å². The molecule has 0 aromatic carbocycles. The van der Waals surface area contributed by atoms with Crippen molar-refractivity contribution >= 4 is 21.8 Å². The maximum absolute atomic E-state index is 12.0. The first-order chi connectivity index (χ1) is 8.01. The van der Waals surface area contributed by atoms with Crippen molar-refractivity contribution in [3.05, 3.63) is 24.0 Å². The average molecular weight is 271 g/mol. The molecule has 1 aromatic rings. The molecular weight excluding hydrogens is 258 g/mol. The minimum Gasteiger partial charge on any atom is -0.244 e. The van der Waals surface area contributed by atoms with E-state index in [0.29, 0.717) is 5.75 Å². The van der Waals surface area contributed by atoms with E-state index in [9.17, 15) is 8.42 Å². The molecule has 92 valence electrons. The quantitative estimate of drug-likeness (QED) is 0.863. The molecule has 1 N–H and O–H groups in total. The molecule has 1 unspecified atom stereocenters. The Balaban J connectivity index is 3.02. The van der Waals surface area contributed by atoms with Crippen molar-refractivity contribution in [2.45, 2.75) is 17.9 Å². The Morgan fingerprint density at radius 3 is 2.94 bits per heavy atom. The average Bonchev–Trinajstić information content (AvgIpc) is 2.28. The molecule has 17 heavy (non-hydrogen) atoms. The number of rotatable bonds is 5. The smallest absolute Gasteiger partial charge is 0.243 e. The van der Waals surface area contributed by atoms with E-state index in [-0.39, 0.29) is 16.6 Å². The van der Waals surface area contributed by atoms with Crippen LogP contribution in [0.3, 0.4) is 0 Å². The summed E-state index contributed by atoms with van der Waals surface area (Å²) < 4.78 is 26.5. The Hall–Kier alpha value is -1.10. The summed E-state index contributed by atoms with van der Waals surface area (Å²) in [5.74, 6) is 0.668. The highest BCUT2D eigenvalue weighted by Gasteiger charge is 2.21. The lowest BCUT2D eigenvalue weighted by Crippen LogP contribution is -2.34. The van der Waals surface area contributed by atoms with Gasteiger partial charge in [-0.2, -0.15) is 17.0 Å². The van der Waals surface area contributed by atoms with Crippen molar-refractivity contribution < 1.29 is 8.42 Å². The molecule has 0 saturated heterocycles. The summed E-state index contributed by atoms with van der Waals surface area (Å²) >= 11 is 1.55. The van der Waals surface area contributed by atoms with Crippen LogP contribution in [-0.4, -0.2) is 31.5 Å². The van der Waals surface area contributed by atoms with Gasteiger partial charge < -0.3 is 0 Å². The van der Waals surface area contributed by atoms with Crippen LogP contribution in [0.4, 0.5) is 0 Å². The molecular formula is C10H13N3O2S2. The van der Waals surface area contributed by atoms with Crippen molar-refractivity contribution in [3.8, 4) is 6.07 Å². The van der Waals surface area contributed by atoms with Gasteiger partial charge in [-0.1, -0.05) is 0 Å². The fraction of sp³-hybridized carbons (Fsp3) is 0.400. The SMILES string of the molecule is CSCC(C)NS(=O)(=O)c1cccnc1C#N. The van der Waals surface area contributed by atoms with Crippen LogP contribution in [0, 0.1) is 11.3 Å². The number of aromatic nitrogens is 1. The van der Waals surface area contributed by atoms with Gasteiger partial charge in [0.2, 0.25) is 10.0 Å². The van der Waals surface area contributed by atoms with Crippen LogP contribution in [-0.2, 0) is 10.0 Å². The zero-order valence-electron chi connectivity index (χ0n) is 9.54. The number of nitriles is 1. The molecule has 0 fully saturated rings. The highest BCUT2D eigenvalue weighted by molar-refractivity contribution is 7.98. The van der Waals surface area contributed by atoms with Crippen molar-refractivity contribution in [1.82, 2.24) is 9.71 Å². The summed E-state index contributed by atoms with van der Waals surface area (Å²) in [4.78, 5) is 3.66. The Morgan fingerprint density at radius 1 is 1.65 bits per heavy atom. The van der Waals surface area contributed by atoms with Gasteiger partial charge in [0.05, 0.1) is 0 Å². The van der Waals surface area contributed by atoms with Crippen molar-refractivity contribution in [3.63, 3.8) is 0 Å². The van der Waals surface area contributed by atoms with Crippen LogP contribution in [0.25, 0.3) is 0 Å². The second-order valence-electron chi connectivity index (χ2n) is 3.44. The standard InChI is InChI=1S/C10H13N3O2S2/c1-8(7-16-2)13-17(14,15)10-4-3-5-12-9(10)6-11/h3-5,8,13H,7H2,1-2H3. The summed E-state index contributed by atoms with van der Waals surface area (Å²) in [6.07, 6.45) is 3.29. The van der Waals surface area contributed by atoms with Crippen LogP contribution in [0.15, 0.2) is 23.2 Å². The third-order valence-corrected chi connectivity index (χ3v) is 4.39. The second kappa shape index (κ2) is 6.00. The fourth-order valence-corrected chi connectivity index (χ4v) is 3.34. The summed E-state index contributed by atoms with van der Waals surface area (Å²) in [6, 6.07) is 4.45. The predicted octanol–water partition coefficient (Wildman–Crippen LogP) is 0.983. The molecule has 1 heterocycles. The molecule has 7 heteroatoms. The molecule has 0 aliphatic rings. The van der Waals surface area contributed by atoms with Gasteiger partial charge in [-0.3, -0.25) is 0 Å². The van der Waals surface area contributed by atoms with E-state index < -0.39 is 10.0 Å². The van der Waals surface area contributed by atoms with Crippen LogP contribution in [0.5, 0.6) is 0 Å². The summed E-state index contributed by atoms with van der Waals surface area (Å²) in [5, 5.41) is 8.81. The molecule has 1 atom stereocenters. The zero-order valence-corrected chi connectivity index (χ0v) is 11.2. The first-order valence-electron chi connectivity index (χ1n) is 4.87. The van der Waals surface area contributed by atoms with Crippen LogP contribution in [0.2, 0.25) is 0 Å². The number of pyridine rings is 1. The largest absolute Gasteiger partial charge is 0.244 e. The lowest BCUT2D eigenvalue weighted by atomic mass is 10.4. The van der Waals surface area contributed by atoms with Gasteiger partial charge in [0.25, 0.3) is 0 Å². The molecule has 0 radical (unpaired) electrons. The third kappa shape index (κ3) is 3.70. The minimum absolute atomic E-state index is 0.0737. The number of sulfonamides is 1. The normalized spacial score (nSPS) is 13.0. The number of thioether (sulfide) groups is 1. The Morgan fingerprint density at radius 2 is 2.35 bits per heavy atom. The lowest BCUT2D eigenvalue weighted by molar-refractivity contribution is 0.570. The molecule has 0 bridgehead atoms. The first kappa shape index (κ1) is 14.0. The van der Waals surface area contributed by atoms with E-state index >= 15 is 0 Å². The number of nitrogens with one attached hydrogen (secondary N) is 1. The van der Waals surface area contributed by atoms with Gasteiger partial charge in [-0.15, -0.1) is 0 Å². The van der Waals surface area contributed by atoms with Gasteiger partial charge in [0, 0.05) is 18.0 Å². The predicted molar refractivity (Wildman–Crippen MR) is 67.1 cm³/mol. The van der Waals surface area contributed by atoms with E-state index in [0.717, 1.165) is 0 Å². The maximum atomic E-state index is 12.0. The molecule has 0 saturated carbocycles. The van der Waals surface area contributed by atoms with Crippen LogP contribution >= 0.6 is 11.8 Å². The second-order valence-corrected chi connectivity index (χ2v) is 6.03. The Kier molecular flexibility index (Phi) is 4.93. The maximum Gasteiger partial charge on any atom is 0.243 e. The van der Waals surface area contributed by atoms with E-state index in [1.54, 1.807) is 24.8 Å². The number of nitrogens with zero attached hydrogens (tertiary/aromatic N) is 2. The third-order valence-electron chi connectivity index (χ3n) is 1.94. The highest BCUT2D eigenvalue weighted by atomic mass is 32.2. The molecule has 0 aliphatic heterocycles. The van der Waals surface area contributed by atoms with Crippen molar-refractivity contribution in [2.75, 3.05) is 12.0 Å². The van der Waals surface area contributed by atoms with Gasteiger partial charge in [0.1, 0.15) is 11.0 Å². The zero-order chi connectivity index (χ0) is 12.9. The van der Waals surface area contributed by atoms with E-state index in [1.807, 2.05) is 6.26 Å². The molecule has 0 aliphatic carbocycles. The van der Waals surface area contributed by atoms with Crippen LogP contribution < -0.4 is 4.72 Å². The molecule has 0 spiro atoms. The van der Waals surface area contributed by atoms with Crippen molar-refractivity contribution in [1.29, 1.82) is 5.26 Å². The van der Waals surface area contributed by atoms with Crippen molar-refractivity contribution in [2.24, 2.45) is 0 Å². The number of hydrogen-bond acceptors (Lipinski definition) is 5. The Bertz CT molecular complexity index is 523. The lowest BCUT2D eigenvalue weighted by Gasteiger charge is -2.13. The molecule has 1 rings (SSSR count). The summed E-state index contributed by atoms with van der Waals surface area (Å²) in [6.45, 7) is 1.77. The van der Waals surface area contributed by atoms with Gasteiger partial charge in [-0.05, 0) is 25.3 Å². The molecule has 0 amide bonds. The van der Waals surface area contributed by atoms with E-state index in [2.05, 4.69) is 9.71 Å². The minimum atomic E-state index is -3.67. The number of hydrogen-bond donors (Lipinski definition) is 1. The first-order valence-corrected chi connectivity index (χ1v) is 7.75. The molecule has 5 nitrogen and oxygen atoms in total. The highest BCUT2D eigenvalue weighted by Crippen LogP contribution is 2.12. The fourth-order valence-electron chi connectivity index (χ4n) is 1.30. The van der Waals surface area contributed by atoms with Crippen LogP contribution in [0.1, 0.15) is 12.6 Å². The Labute approximate surface area is 105 Å². The van der Waals surface area contributed by atoms with E-state index in [1.165, 1.54) is 18.3 Å².